The number of carbonyl (C=O) groups excluding carboxylic acids is 1. The lowest BCUT2D eigenvalue weighted by Crippen LogP contribution is -2.41. The van der Waals surface area contributed by atoms with E-state index in [0.29, 0.717) is 22.7 Å². The first kappa shape index (κ1) is 29.0. The van der Waals surface area contributed by atoms with Crippen molar-refractivity contribution in [2.24, 2.45) is 0 Å². The molecule has 0 saturated carbocycles. The second kappa shape index (κ2) is 11.4. The van der Waals surface area contributed by atoms with Gasteiger partial charge in [-0.15, -0.1) is 11.3 Å². The molecule has 2 heterocycles. The molecule has 0 radical (unpaired) electrons. The molecule has 3 aromatic carbocycles. The van der Waals surface area contributed by atoms with Gasteiger partial charge in [-0.2, -0.15) is 0 Å². The van der Waals surface area contributed by atoms with E-state index >= 15 is 0 Å². The Labute approximate surface area is 243 Å². The topological polar surface area (TPSA) is 106 Å². The number of sulfonamides is 1. The maximum absolute atomic E-state index is 13.1. The van der Waals surface area contributed by atoms with E-state index in [1.165, 1.54) is 24.7 Å². The Morgan fingerprint density at radius 1 is 1.10 bits per heavy atom. The molecule has 4 aromatic rings. The maximum Gasteiger partial charge on any atom is 0.410 e. The fourth-order valence-corrected chi connectivity index (χ4v) is 6.77. The van der Waals surface area contributed by atoms with Crippen LogP contribution < -0.4 is 13.8 Å². The zero-order valence-electron chi connectivity index (χ0n) is 23.5. The van der Waals surface area contributed by atoms with Gasteiger partial charge in [-0.3, -0.25) is 4.31 Å². The standard InChI is InChI=1S/C30H34N2O7S2/c1-30(2,3)39-29(34)31(13-15-37-21-10-11-23-22-7-5-6-8-27(22)40-28(23)18-21)19-25(33)20-9-12-26-24(17-20)32(14-16-38-26)41(4,35)36/h5-12,17-18,25,33H,13-16,19H2,1-4H3. The molecule has 1 unspecified atom stereocenters. The van der Waals surface area contributed by atoms with E-state index < -0.39 is 27.8 Å². The normalized spacial score (nSPS) is 14.4. The molecule has 5 rings (SSSR count). The smallest absolute Gasteiger partial charge is 0.410 e. The van der Waals surface area contributed by atoms with Crippen LogP contribution in [0.5, 0.6) is 11.5 Å². The minimum Gasteiger partial charge on any atom is -0.492 e. The Morgan fingerprint density at radius 3 is 2.61 bits per heavy atom. The van der Waals surface area contributed by atoms with Crippen LogP contribution in [0.1, 0.15) is 32.4 Å². The first-order chi connectivity index (χ1) is 19.4. The number of aliphatic hydroxyl groups excluding tert-OH is 1. The molecular weight excluding hydrogens is 564 g/mol. The summed E-state index contributed by atoms with van der Waals surface area (Å²) in [6, 6.07) is 19.1. The molecule has 0 spiro atoms. The van der Waals surface area contributed by atoms with Crippen LogP contribution in [0.2, 0.25) is 0 Å². The number of ether oxygens (including phenoxy) is 3. The molecule has 41 heavy (non-hydrogen) atoms. The van der Waals surface area contributed by atoms with Crippen molar-refractivity contribution in [3.8, 4) is 11.5 Å². The number of anilines is 1. The number of thiophene rings is 1. The van der Waals surface area contributed by atoms with Gasteiger partial charge in [-0.1, -0.05) is 24.3 Å². The van der Waals surface area contributed by atoms with E-state index in [-0.39, 0.29) is 32.8 Å². The van der Waals surface area contributed by atoms with E-state index in [4.69, 9.17) is 14.2 Å². The Kier molecular flexibility index (Phi) is 8.04. The zero-order valence-corrected chi connectivity index (χ0v) is 25.1. The third-order valence-electron chi connectivity index (χ3n) is 6.61. The number of hydrogen-bond donors (Lipinski definition) is 1. The van der Waals surface area contributed by atoms with Gasteiger partial charge in [0, 0.05) is 20.2 Å². The summed E-state index contributed by atoms with van der Waals surface area (Å²) in [5.74, 6) is 1.11. The highest BCUT2D eigenvalue weighted by Crippen LogP contribution is 2.37. The van der Waals surface area contributed by atoms with Crippen molar-refractivity contribution in [1.29, 1.82) is 0 Å². The number of benzene rings is 3. The Bertz CT molecular complexity index is 1680. The molecular formula is C30H34N2O7S2. The number of rotatable bonds is 8. The summed E-state index contributed by atoms with van der Waals surface area (Å²) in [4.78, 5) is 14.5. The second-order valence-electron chi connectivity index (χ2n) is 11.0. The lowest BCUT2D eigenvalue weighted by molar-refractivity contribution is 0.0117. The van der Waals surface area contributed by atoms with Crippen LogP contribution in [0.4, 0.5) is 10.5 Å². The SMILES string of the molecule is CC(C)(C)OC(=O)N(CCOc1ccc2c(c1)sc1ccccc12)CC(O)c1ccc2c(c1)N(S(C)(=O)=O)CCO2. The molecule has 9 nitrogen and oxygen atoms in total. The number of hydrogen-bond acceptors (Lipinski definition) is 8. The van der Waals surface area contributed by atoms with Crippen LogP contribution in [0, 0.1) is 0 Å². The van der Waals surface area contributed by atoms with Gasteiger partial charge in [-0.25, -0.2) is 13.2 Å². The highest BCUT2D eigenvalue weighted by Gasteiger charge is 2.28. The summed E-state index contributed by atoms with van der Waals surface area (Å²) >= 11 is 1.70. The minimum atomic E-state index is -3.53. The molecule has 1 N–H and O–H groups in total. The maximum atomic E-state index is 13.1. The molecule has 0 bridgehead atoms. The molecule has 1 aliphatic rings. The lowest BCUT2D eigenvalue weighted by atomic mass is 10.1. The Balaban J connectivity index is 1.31. The van der Waals surface area contributed by atoms with Gasteiger partial charge in [0.2, 0.25) is 10.0 Å². The number of fused-ring (bicyclic) bond motifs is 4. The number of amides is 1. The van der Waals surface area contributed by atoms with E-state index in [1.807, 2.05) is 30.3 Å². The molecule has 218 valence electrons. The van der Waals surface area contributed by atoms with Crippen LogP contribution in [0.3, 0.4) is 0 Å². The average Bonchev–Trinajstić information content (AvgIpc) is 3.28. The summed E-state index contributed by atoms with van der Waals surface area (Å²) in [6.45, 7) is 6.02. The highest BCUT2D eigenvalue weighted by atomic mass is 32.2. The van der Waals surface area contributed by atoms with Crippen LogP contribution >= 0.6 is 11.3 Å². The summed E-state index contributed by atoms with van der Waals surface area (Å²) in [5, 5.41) is 13.5. The first-order valence-corrected chi connectivity index (χ1v) is 16.0. The molecule has 11 heteroatoms. The summed E-state index contributed by atoms with van der Waals surface area (Å²) in [5.41, 5.74) is 0.0821. The van der Waals surface area contributed by atoms with Crippen molar-refractivity contribution in [1.82, 2.24) is 4.90 Å². The quantitative estimate of drug-likeness (QED) is 0.283. The van der Waals surface area contributed by atoms with Gasteiger partial charge >= 0.3 is 6.09 Å². The molecule has 0 saturated heterocycles. The van der Waals surface area contributed by atoms with Crippen molar-refractivity contribution in [3.05, 3.63) is 66.2 Å². The van der Waals surface area contributed by atoms with Crippen LogP contribution in [0.25, 0.3) is 20.2 Å². The van der Waals surface area contributed by atoms with Gasteiger partial charge in [0.25, 0.3) is 0 Å². The first-order valence-electron chi connectivity index (χ1n) is 13.3. The average molecular weight is 599 g/mol. The fraction of sp³-hybridized carbons (Fsp3) is 0.367. The molecule has 1 aliphatic heterocycles. The predicted octanol–water partition coefficient (Wildman–Crippen LogP) is 5.56. The van der Waals surface area contributed by atoms with Crippen LogP contribution in [0.15, 0.2) is 60.7 Å². The van der Waals surface area contributed by atoms with Gasteiger partial charge in [0.15, 0.2) is 0 Å². The Hall–Kier alpha value is -3.54. The predicted molar refractivity (Wildman–Crippen MR) is 162 cm³/mol. The van der Waals surface area contributed by atoms with Gasteiger partial charge in [0.1, 0.15) is 30.3 Å². The summed E-state index contributed by atoms with van der Waals surface area (Å²) in [6.07, 6.45) is -0.557. The van der Waals surface area contributed by atoms with Crippen molar-refractivity contribution < 1.29 is 32.5 Å². The zero-order chi connectivity index (χ0) is 29.4. The highest BCUT2D eigenvalue weighted by molar-refractivity contribution is 7.92. The third-order valence-corrected chi connectivity index (χ3v) is 8.93. The number of nitrogens with zero attached hydrogens (tertiary/aromatic N) is 2. The monoisotopic (exact) mass is 598 g/mol. The summed E-state index contributed by atoms with van der Waals surface area (Å²) < 4.78 is 45.4. The van der Waals surface area contributed by atoms with Gasteiger partial charge in [-0.05, 0) is 62.7 Å². The molecule has 1 atom stereocenters. The van der Waals surface area contributed by atoms with E-state index in [0.717, 1.165) is 11.0 Å². The van der Waals surface area contributed by atoms with E-state index in [9.17, 15) is 18.3 Å². The Morgan fingerprint density at radius 2 is 1.85 bits per heavy atom. The van der Waals surface area contributed by atoms with Crippen LogP contribution in [-0.2, 0) is 14.8 Å². The molecule has 1 amide bonds. The van der Waals surface area contributed by atoms with Gasteiger partial charge in [0.05, 0.1) is 37.7 Å². The summed E-state index contributed by atoms with van der Waals surface area (Å²) in [7, 11) is -3.53. The lowest BCUT2D eigenvalue weighted by Gasteiger charge is -2.31. The van der Waals surface area contributed by atoms with Crippen molar-refractivity contribution in [2.45, 2.75) is 32.5 Å². The largest absolute Gasteiger partial charge is 0.492 e. The van der Waals surface area contributed by atoms with E-state index in [1.54, 1.807) is 50.3 Å². The van der Waals surface area contributed by atoms with Crippen LogP contribution in [-0.4, -0.2) is 69.2 Å². The van der Waals surface area contributed by atoms with Crippen molar-refractivity contribution in [3.63, 3.8) is 0 Å². The molecule has 0 aliphatic carbocycles. The second-order valence-corrected chi connectivity index (χ2v) is 13.9. The molecule has 1 aromatic heterocycles. The van der Waals surface area contributed by atoms with Crippen molar-refractivity contribution in [2.75, 3.05) is 43.4 Å². The number of aliphatic hydroxyl groups is 1. The number of carbonyl (C=O) groups is 1. The molecule has 0 fully saturated rings. The fourth-order valence-electron chi connectivity index (χ4n) is 4.73. The van der Waals surface area contributed by atoms with Crippen molar-refractivity contribution >= 4 is 53.3 Å². The van der Waals surface area contributed by atoms with Gasteiger partial charge < -0.3 is 24.2 Å². The third kappa shape index (κ3) is 6.69. The van der Waals surface area contributed by atoms with E-state index in [2.05, 4.69) is 12.1 Å². The minimum absolute atomic E-state index is 0.0772.